The van der Waals surface area contributed by atoms with Crippen LogP contribution in [0.5, 0.6) is 0 Å². The zero-order valence-electron chi connectivity index (χ0n) is 13.5. The van der Waals surface area contributed by atoms with Crippen LogP contribution in [0.2, 0.25) is 0 Å². The van der Waals surface area contributed by atoms with Gasteiger partial charge in [-0.25, -0.2) is 4.98 Å². The predicted octanol–water partition coefficient (Wildman–Crippen LogP) is 3.54. The lowest BCUT2D eigenvalue weighted by atomic mass is 9.97. The van der Waals surface area contributed by atoms with Gasteiger partial charge in [0.05, 0.1) is 11.5 Å². The molecule has 1 saturated heterocycles. The van der Waals surface area contributed by atoms with Crippen molar-refractivity contribution >= 4 is 33.3 Å². The summed E-state index contributed by atoms with van der Waals surface area (Å²) in [5.41, 5.74) is 1.40. The Balaban J connectivity index is 1.65. The van der Waals surface area contributed by atoms with Crippen molar-refractivity contribution in [3.63, 3.8) is 0 Å². The number of hydrogen-bond acceptors (Lipinski definition) is 5. The van der Waals surface area contributed by atoms with Crippen molar-refractivity contribution in [3.05, 3.63) is 20.8 Å². The summed E-state index contributed by atoms with van der Waals surface area (Å²) < 4.78 is 7.52. The third-order valence-electron chi connectivity index (χ3n) is 4.83. The molecule has 0 spiro atoms. The maximum Gasteiger partial charge on any atom is 0.262 e. The summed E-state index contributed by atoms with van der Waals surface area (Å²) in [7, 11) is 1.85. The second-order valence-corrected chi connectivity index (χ2v) is 8.52. The Morgan fingerprint density at radius 3 is 3.00 bits per heavy atom. The zero-order chi connectivity index (χ0) is 15.8. The fourth-order valence-electron chi connectivity index (χ4n) is 3.50. The minimum Gasteiger partial charge on any atom is -0.377 e. The summed E-state index contributed by atoms with van der Waals surface area (Å²) in [6, 6.07) is 0. The Labute approximate surface area is 144 Å². The van der Waals surface area contributed by atoms with Crippen molar-refractivity contribution in [1.29, 1.82) is 0 Å². The molecule has 0 aromatic carbocycles. The standard InChI is InChI=1S/C17H22N2O2S2/c1-19-16(20)14-12-7-2-3-8-13(12)23-15(14)18-17(19)22-10-11-6-4-5-9-21-11/h11H,2-10H2,1H3. The smallest absolute Gasteiger partial charge is 0.262 e. The van der Waals surface area contributed by atoms with Crippen molar-refractivity contribution in [2.24, 2.45) is 7.05 Å². The maximum atomic E-state index is 12.8. The molecule has 3 heterocycles. The molecule has 124 valence electrons. The first-order valence-corrected chi connectivity index (χ1v) is 10.3. The van der Waals surface area contributed by atoms with Gasteiger partial charge in [-0.05, 0) is 50.5 Å². The normalized spacial score (nSPS) is 21.5. The molecule has 1 aliphatic carbocycles. The highest BCUT2D eigenvalue weighted by Crippen LogP contribution is 2.34. The van der Waals surface area contributed by atoms with Gasteiger partial charge in [0.15, 0.2) is 5.16 Å². The molecule has 0 bridgehead atoms. The molecule has 4 rings (SSSR count). The van der Waals surface area contributed by atoms with E-state index in [1.165, 1.54) is 36.1 Å². The highest BCUT2D eigenvalue weighted by Gasteiger charge is 2.22. The minimum atomic E-state index is 0.126. The van der Waals surface area contributed by atoms with E-state index in [9.17, 15) is 4.79 Å². The number of ether oxygens (including phenoxy) is 1. The van der Waals surface area contributed by atoms with Crippen LogP contribution in [0.3, 0.4) is 0 Å². The monoisotopic (exact) mass is 350 g/mol. The van der Waals surface area contributed by atoms with Gasteiger partial charge in [0.2, 0.25) is 0 Å². The molecule has 2 aromatic heterocycles. The molecular weight excluding hydrogens is 328 g/mol. The largest absolute Gasteiger partial charge is 0.377 e. The van der Waals surface area contributed by atoms with Crippen LogP contribution in [0.4, 0.5) is 0 Å². The van der Waals surface area contributed by atoms with Gasteiger partial charge < -0.3 is 4.74 Å². The number of thioether (sulfide) groups is 1. The van der Waals surface area contributed by atoms with E-state index in [1.807, 2.05) is 7.05 Å². The van der Waals surface area contributed by atoms with Crippen LogP contribution < -0.4 is 5.56 Å². The molecule has 1 atom stereocenters. The molecule has 1 unspecified atom stereocenters. The number of aryl methyl sites for hydroxylation is 2. The van der Waals surface area contributed by atoms with Crippen LogP contribution in [0.25, 0.3) is 10.2 Å². The van der Waals surface area contributed by atoms with E-state index < -0.39 is 0 Å². The first-order chi connectivity index (χ1) is 11.2. The number of hydrogen-bond donors (Lipinski definition) is 0. The van der Waals surface area contributed by atoms with Gasteiger partial charge in [-0.1, -0.05) is 11.8 Å². The molecule has 23 heavy (non-hydrogen) atoms. The van der Waals surface area contributed by atoms with Crippen molar-refractivity contribution < 1.29 is 4.74 Å². The third-order valence-corrected chi connectivity index (χ3v) is 7.18. The average Bonchev–Trinajstić information content (AvgIpc) is 2.96. The number of aromatic nitrogens is 2. The van der Waals surface area contributed by atoms with E-state index in [1.54, 1.807) is 27.7 Å². The highest BCUT2D eigenvalue weighted by atomic mass is 32.2. The number of fused-ring (bicyclic) bond motifs is 3. The Morgan fingerprint density at radius 2 is 2.17 bits per heavy atom. The molecule has 0 radical (unpaired) electrons. The van der Waals surface area contributed by atoms with Crippen LogP contribution in [0.1, 0.15) is 42.5 Å². The maximum absolute atomic E-state index is 12.8. The lowest BCUT2D eigenvalue weighted by Gasteiger charge is -2.22. The quantitative estimate of drug-likeness (QED) is 0.627. The molecule has 0 amide bonds. The van der Waals surface area contributed by atoms with Crippen molar-refractivity contribution in [1.82, 2.24) is 9.55 Å². The van der Waals surface area contributed by atoms with Crippen molar-refractivity contribution in [2.75, 3.05) is 12.4 Å². The molecule has 1 fully saturated rings. The summed E-state index contributed by atoms with van der Waals surface area (Å²) in [5, 5.41) is 1.71. The van der Waals surface area contributed by atoms with Crippen molar-refractivity contribution in [2.45, 2.75) is 56.2 Å². The molecule has 2 aliphatic rings. The predicted molar refractivity (Wildman–Crippen MR) is 95.8 cm³/mol. The Morgan fingerprint density at radius 1 is 1.30 bits per heavy atom. The van der Waals surface area contributed by atoms with Gasteiger partial charge in [-0.3, -0.25) is 9.36 Å². The zero-order valence-corrected chi connectivity index (χ0v) is 15.1. The second kappa shape index (κ2) is 6.57. The first-order valence-electron chi connectivity index (χ1n) is 8.49. The van der Waals surface area contributed by atoms with Crippen LogP contribution >= 0.6 is 23.1 Å². The van der Waals surface area contributed by atoms with Crippen LogP contribution in [0, 0.1) is 0 Å². The van der Waals surface area contributed by atoms with E-state index in [0.29, 0.717) is 6.10 Å². The number of nitrogens with zero attached hydrogens (tertiary/aromatic N) is 2. The Kier molecular flexibility index (Phi) is 4.48. The lowest BCUT2D eigenvalue weighted by Crippen LogP contribution is -2.24. The number of thiophene rings is 1. The van der Waals surface area contributed by atoms with Gasteiger partial charge in [0.1, 0.15) is 4.83 Å². The summed E-state index contributed by atoms with van der Waals surface area (Å²) >= 11 is 3.39. The SMILES string of the molecule is Cn1c(SCC2CCCCO2)nc2sc3c(c2c1=O)CCCC3. The van der Waals surface area contributed by atoms with Gasteiger partial charge in [0.25, 0.3) is 5.56 Å². The van der Waals surface area contributed by atoms with Crippen molar-refractivity contribution in [3.8, 4) is 0 Å². The Bertz CT molecular complexity index is 775. The fraction of sp³-hybridized carbons (Fsp3) is 0.647. The molecule has 0 saturated carbocycles. The Hall–Kier alpha value is -0.850. The second-order valence-electron chi connectivity index (χ2n) is 6.45. The van der Waals surface area contributed by atoms with Crippen LogP contribution in [-0.4, -0.2) is 28.0 Å². The average molecular weight is 351 g/mol. The van der Waals surface area contributed by atoms with Gasteiger partial charge in [0, 0.05) is 24.3 Å². The van der Waals surface area contributed by atoms with E-state index in [2.05, 4.69) is 0 Å². The van der Waals surface area contributed by atoms with E-state index in [-0.39, 0.29) is 5.56 Å². The molecule has 0 N–H and O–H groups in total. The van der Waals surface area contributed by atoms with Gasteiger partial charge in [-0.2, -0.15) is 0 Å². The molecular formula is C17H22N2O2S2. The minimum absolute atomic E-state index is 0.126. The van der Waals surface area contributed by atoms with Gasteiger partial charge >= 0.3 is 0 Å². The molecule has 1 aliphatic heterocycles. The summed E-state index contributed by atoms with van der Waals surface area (Å²) in [6.45, 7) is 0.869. The van der Waals surface area contributed by atoms with E-state index in [0.717, 1.165) is 47.0 Å². The first kappa shape index (κ1) is 15.7. The fourth-order valence-corrected chi connectivity index (χ4v) is 5.84. The summed E-state index contributed by atoms with van der Waals surface area (Å²) in [5.74, 6) is 0.886. The third kappa shape index (κ3) is 2.96. The summed E-state index contributed by atoms with van der Waals surface area (Å²) in [6.07, 6.45) is 8.41. The lowest BCUT2D eigenvalue weighted by molar-refractivity contribution is 0.0315. The highest BCUT2D eigenvalue weighted by molar-refractivity contribution is 7.99. The molecule has 6 heteroatoms. The molecule has 4 nitrogen and oxygen atoms in total. The molecule has 2 aromatic rings. The van der Waals surface area contributed by atoms with Gasteiger partial charge in [-0.15, -0.1) is 11.3 Å². The van der Waals surface area contributed by atoms with Crippen LogP contribution in [0.15, 0.2) is 9.95 Å². The summed E-state index contributed by atoms with van der Waals surface area (Å²) in [4.78, 5) is 20.0. The van der Waals surface area contributed by atoms with E-state index in [4.69, 9.17) is 9.72 Å². The number of rotatable bonds is 3. The van der Waals surface area contributed by atoms with Crippen LogP contribution in [-0.2, 0) is 24.6 Å². The topological polar surface area (TPSA) is 44.1 Å². The van der Waals surface area contributed by atoms with E-state index >= 15 is 0 Å².